The molecule has 2 heteroatoms. The van der Waals surface area contributed by atoms with Crippen molar-refractivity contribution in [1.29, 1.82) is 0 Å². The Morgan fingerprint density at radius 3 is 2.28 bits per heavy atom. The molecule has 0 unspecified atom stereocenters. The number of hydrogen-bond acceptors (Lipinski definition) is 1. The summed E-state index contributed by atoms with van der Waals surface area (Å²) in [5.41, 5.74) is 2.96. The molecule has 0 aromatic heterocycles. The Hall–Kier alpha value is -0.530. The lowest BCUT2D eigenvalue weighted by Gasteiger charge is -2.28. The van der Waals surface area contributed by atoms with Gasteiger partial charge in [0, 0.05) is 18.0 Å². The lowest BCUT2D eigenvalue weighted by atomic mass is 9.99. The van der Waals surface area contributed by atoms with E-state index in [4.69, 9.17) is 11.6 Å². The van der Waals surface area contributed by atoms with Crippen molar-refractivity contribution in [2.24, 2.45) is 0 Å². The van der Waals surface area contributed by atoms with E-state index in [0.717, 1.165) is 12.4 Å². The fourth-order valence-electron chi connectivity index (χ4n) is 2.72. The second-order valence-corrected chi connectivity index (χ2v) is 6.14. The Labute approximate surface area is 116 Å². The van der Waals surface area contributed by atoms with Gasteiger partial charge in [-0.25, -0.2) is 0 Å². The smallest absolute Gasteiger partial charge is 0.0406 e. The van der Waals surface area contributed by atoms with E-state index < -0.39 is 0 Å². The van der Waals surface area contributed by atoms with Crippen LogP contribution in [0.4, 0.5) is 0 Å². The van der Waals surface area contributed by atoms with Crippen molar-refractivity contribution in [2.75, 3.05) is 5.88 Å². The maximum absolute atomic E-state index is 6.14. The molecule has 1 nitrogen and oxygen atoms in total. The van der Waals surface area contributed by atoms with Crippen molar-refractivity contribution < 1.29 is 0 Å². The maximum Gasteiger partial charge on any atom is 0.0406 e. The monoisotopic (exact) mass is 265 g/mol. The standard InChI is InChI=1S/C16H24ClN/c1-13(2)15-7-5-14(6-8-15)11-18-16(12-17)9-3-4-10-16/h5-8,13,18H,3-4,9-12H2,1-2H3. The number of halogens is 1. The minimum absolute atomic E-state index is 0.193. The van der Waals surface area contributed by atoms with Gasteiger partial charge in [-0.15, -0.1) is 11.6 Å². The molecule has 1 aromatic carbocycles. The highest BCUT2D eigenvalue weighted by atomic mass is 35.5. The average Bonchev–Trinajstić information content (AvgIpc) is 2.86. The highest BCUT2D eigenvalue weighted by Gasteiger charge is 2.32. The lowest BCUT2D eigenvalue weighted by Crippen LogP contribution is -2.43. The topological polar surface area (TPSA) is 12.0 Å². The Morgan fingerprint density at radius 1 is 1.17 bits per heavy atom. The van der Waals surface area contributed by atoms with Gasteiger partial charge in [0.05, 0.1) is 0 Å². The number of hydrogen-bond donors (Lipinski definition) is 1. The number of alkyl halides is 1. The van der Waals surface area contributed by atoms with Crippen LogP contribution in [-0.2, 0) is 6.54 Å². The van der Waals surface area contributed by atoms with Crippen molar-refractivity contribution in [1.82, 2.24) is 5.32 Å². The largest absolute Gasteiger partial charge is 0.306 e. The molecule has 0 heterocycles. The van der Waals surface area contributed by atoms with E-state index in [2.05, 4.69) is 43.4 Å². The van der Waals surface area contributed by atoms with Crippen molar-refractivity contribution in [3.8, 4) is 0 Å². The summed E-state index contributed by atoms with van der Waals surface area (Å²) in [7, 11) is 0. The molecule has 0 spiro atoms. The van der Waals surface area contributed by atoms with Crippen molar-refractivity contribution >= 4 is 11.6 Å². The molecule has 0 radical (unpaired) electrons. The minimum Gasteiger partial charge on any atom is -0.306 e. The normalized spacial score (nSPS) is 18.4. The van der Waals surface area contributed by atoms with Crippen LogP contribution in [0.3, 0.4) is 0 Å². The molecule has 1 aliphatic carbocycles. The molecule has 1 aromatic rings. The fraction of sp³-hybridized carbons (Fsp3) is 0.625. The van der Waals surface area contributed by atoms with Crippen molar-refractivity contribution in [3.63, 3.8) is 0 Å². The third-order valence-electron chi connectivity index (χ3n) is 4.13. The number of benzene rings is 1. The first-order chi connectivity index (χ1) is 8.65. The predicted octanol–water partition coefficient (Wildman–Crippen LogP) is 4.45. The summed E-state index contributed by atoms with van der Waals surface area (Å²) < 4.78 is 0. The van der Waals surface area contributed by atoms with Crippen LogP contribution in [-0.4, -0.2) is 11.4 Å². The molecule has 0 aliphatic heterocycles. The third-order valence-corrected chi connectivity index (χ3v) is 4.64. The van der Waals surface area contributed by atoms with Crippen LogP contribution < -0.4 is 5.32 Å². The Bertz CT molecular complexity index is 363. The summed E-state index contributed by atoms with van der Waals surface area (Å²) in [5.74, 6) is 1.34. The molecule has 0 amide bonds. The highest BCUT2D eigenvalue weighted by molar-refractivity contribution is 6.18. The van der Waals surface area contributed by atoms with Gasteiger partial charge in [-0.2, -0.15) is 0 Å². The quantitative estimate of drug-likeness (QED) is 0.776. The van der Waals surface area contributed by atoms with Crippen LogP contribution in [0.25, 0.3) is 0 Å². The van der Waals surface area contributed by atoms with E-state index in [-0.39, 0.29) is 5.54 Å². The van der Waals surface area contributed by atoms with E-state index in [0.29, 0.717) is 5.92 Å². The van der Waals surface area contributed by atoms with Gasteiger partial charge >= 0.3 is 0 Å². The molecular weight excluding hydrogens is 242 g/mol. The maximum atomic E-state index is 6.14. The van der Waals surface area contributed by atoms with Crippen molar-refractivity contribution in [2.45, 2.75) is 57.5 Å². The summed E-state index contributed by atoms with van der Waals surface area (Å²) in [6.07, 6.45) is 5.07. The second-order valence-electron chi connectivity index (χ2n) is 5.87. The van der Waals surface area contributed by atoms with E-state index in [1.807, 2.05) is 0 Å². The second kappa shape index (κ2) is 6.08. The molecule has 0 saturated heterocycles. The molecule has 100 valence electrons. The van der Waals surface area contributed by atoms with Crippen LogP contribution >= 0.6 is 11.6 Å². The van der Waals surface area contributed by atoms with Gasteiger partial charge in [0.25, 0.3) is 0 Å². The molecule has 1 saturated carbocycles. The zero-order valence-electron chi connectivity index (χ0n) is 11.5. The molecule has 2 rings (SSSR count). The molecule has 18 heavy (non-hydrogen) atoms. The van der Waals surface area contributed by atoms with E-state index >= 15 is 0 Å². The van der Waals surface area contributed by atoms with Gasteiger partial charge in [0.15, 0.2) is 0 Å². The Morgan fingerprint density at radius 2 is 1.78 bits per heavy atom. The number of nitrogens with one attached hydrogen (secondary N) is 1. The minimum atomic E-state index is 0.193. The highest BCUT2D eigenvalue weighted by Crippen LogP contribution is 2.31. The zero-order valence-corrected chi connectivity index (χ0v) is 12.3. The van der Waals surface area contributed by atoms with Crippen molar-refractivity contribution in [3.05, 3.63) is 35.4 Å². The summed E-state index contributed by atoms with van der Waals surface area (Å²) in [4.78, 5) is 0. The summed E-state index contributed by atoms with van der Waals surface area (Å²) in [6.45, 7) is 5.40. The van der Waals surface area contributed by atoms with E-state index in [9.17, 15) is 0 Å². The first-order valence-corrected chi connectivity index (χ1v) is 7.58. The SMILES string of the molecule is CC(C)c1ccc(CNC2(CCl)CCCC2)cc1. The molecule has 1 N–H and O–H groups in total. The zero-order chi connectivity index (χ0) is 13.0. The van der Waals surface area contributed by atoms with Crippen LogP contribution in [0.1, 0.15) is 56.6 Å². The fourth-order valence-corrected chi connectivity index (χ4v) is 3.08. The lowest BCUT2D eigenvalue weighted by molar-refractivity contribution is 0.368. The van der Waals surface area contributed by atoms with Crippen LogP contribution in [0, 0.1) is 0 Å². The molecule has 1 fully saturated rings. The number of rotatable bonds is 5. The Balaban J connectivity index is 1.93. The van der Waals surface area contributed by atoms with Crippen LogP contribution in [0.5, 0.6) is 0 Å². The van der Waals surface area contributed by atoms with Gasteiger partial charge in [-0.3, -0.25) is 0 Å². The first-order valence-electron chi connectivity index (χ1n) is 7.05. The first kappa shape index (κ1) is 13.9. The summed E-state index contributed by atoms with van der Waals surface area (Å²) in [5, 5.41) is 3.68. The van der Waals surface area contributed by atoms with Gasteiger partial charge in [0.1, 0.15) is 0 Å². The van der Waals surface area contributed by atoms with Gasteiger partial charge in [-0.05, 0) is 29.9 Å². The average molecular weight is 266 g/mol. The van der Waals surface area contributed by atoms with Gasteiger partial charge in [-0.1, -0.05) is 51.0 Å². The van der Waals surface area contributed by atoms with Crippen LogP contribution in [0.15, 0.2) is 24.3 Å². The summed E-state index contributed by atoms with van der Waals surface area (Å²) in [6, 6.07) is 8.95. The van der Waals surface area contributed by atoms with Crippen LogP contribution in [0.2, 0.25) is 0 Å². The van der Waals surface area contributed by atoms with Gasteiger partial charge < -0.3 is 5.32 Å². The third kappa shape index (κ3) is 3.27. The summed E-state index contributed by atoms with van der Waals surface area (Å²) >= 11 is 6.14. The Kier molecular flexibility index (Phi) is 4.69. The molecular formula is C16H24ClN. The van der Waals surface area contributed by atoms with E-state index in [1.54, 1.807) is 0 Å². The molecule has 0 bridgehead atoms. The predicted molar refractivity (Wildman–Crippen MR) is 79.3 cm³/mol. The van der Waals surface area contributed by atoms with E-state index in [1.165, 1.54) is 36.8 Å². The van der Waals surface area contributed by atoms with Gasteiger partial charge in [0.2, 0.25) is 0 Å². The molecule has 0 atom stereocenters. The molecule has 1 aliphatic rings.